The van der Waals surface area contributed by atoms with Crippen LogP contribution in [0.3, 0.4) is 0 Å². The Balaban J connectivity index is 0.00000417. The molecule has 0 saturated carbocycles. The summed E-state index contributed by atoms with van der Waals surface area (Å²) in [5, 5.41) is 14.2. The van der Waals surface area contributed by atoms with Crippen LogP contribution in [0.1, 0.15) is 61.8 Å². The largest absolute Gasteiger partial charge is 2.00 e. The molecule has 0 aliphatic carbocycles. The molecule has 0 aliphatic heterocycles. The number of aryl methyl sites for hydroxylation is 1. The van der Waals surface area contributed by atoms with Gasteiger partial charge in [-0.15, -0.1) is 58.3 Å². The maximum absolute atomic E-state index is 11.7. The molecule has 3 nitrogen and oxygen atoms in total. The Hall–Kier alpha value is -4.20. The number of allylic oxidation sites excluding steroid dienone is 2. The number of hydrogen-bond acceptors (Lipinski definition) is 2. The SMILES string of the molecule is CC(C)c1cc(-c2cc(C/C=C\Cc3c[c-]cc4ccccc34)c(O)c(-c3cn(C)c(-c4[c-]cccc4)n3)c2)cc(C(C)C)c1.[Pt+2]. The molecule has 0 spiro atoms. The van der Waals surface area contributed by atoms with Gasteiger partial charge in [0.2, 0.25) is 0 Å². The minimum Gasteiger partial charge on any atom is -0.507 e. The number of rotatable bonds is 9. The first-order chi connectivity index (χ1) is 21.8. The first-order valence-corrected chi connectivity index (χ1v) is 15.8. The van der Waals surface area contributed by atoms with Gasteiger partial charge in [-0.2, -0.15) is 18.2 Å². The van der Waals surface area contributed by atoms with E-state index in [2.05, 4.69) is 113 Å². The zero-order valence-electron chi connectivity index (χ0n) is 27.1. The molecule has 0 fully saturated rings. The minimum atomic E-state index is 0. The van der Waals surface area contributed by atoms with Crippen molar-refractivity contribution in [3.8, 4) is 39.5 Å². The monoisotopic (exact) mass is 783 g/mol. The van der Waals surface area contributed by atoms with Crippen molar-refractivity contribution < 1.29 is 26.2 Å². The molecule has 0 aliphatic rings. The van der Waals surface area contributed by atoms with Crippen LogP contribution >= 0.6 is 0 Å². The summed E-state index contributed by atoms with van der Waals surface area (Å²) in [4.78, 5) is 4.99. The molecular formula is C42H40N2OPt. The Morgan fingerprint density at radius 1 is 0.804 bits per heavy atom. The van der Waals surface area contributed by atoms with Crippen molar-refractivity contribution in [2.45, 2.75) is 52.4 Å². The molecule has 1 heterocycles. The van der Waals surface area contributed by atoms with Gasteiger partial charge in [0.15, 0.2) is 0 Å². The number of phenolic OH excluding ortho intramolecular Hbond substituents is 1. The summed E-state index contributed by atoms with van der Waals surface area (Å²) in [5.41, 5.74) is 9.40. The zero-order valence-corrected chi connectivity index (χ0v) is 29.4. The number of aromatic nitrogens is 2. The summed E-state index contributed by atoms with van der Waals surface area (Å²) >= 11 is 0. The number of hydrogen-bond donors (Lipinski definition) is 1. The molecule has 0 atom stereocenters. The number of imidazole rings is 1. The first kappa shape index (κ1) is 33.2. The van der Waals surface area contributed by atoms with Crippen LogP contribution in [0.5, 0.6) is 5.75 Å². The molecule has 4 heteroatoms. The second kappa shape index (κ2) is 14.5. The van der Waals surface area contributed by atoms with Crippen molar-refractivity contribution in [1.29, 1.82) is 0 Å². The maximum atomic E-state index is 11.7. The Morgan fingerprint density at radius 2 is 1.48 bits per heavy atom. The molecule has 0 unspecified atom stereocenters. The van der Waals surface area contributed by atoms with Crippen LogP contribution in [-0.2, 0) is 41.0 Å². The van der Waals surface area contributed by atoms with Crippen LogP contribution in [0, 0.1) is 12.1 Å². The third-order valence-corrected chi connectivity index (χ3v) is 8.58. The number of aromatic hydroxyl groups is 1. The van der Waals surface area contributed by atoms with Crippen LogP contribution in [0.2, 0.25) is 0 Å². The Kier molecular flexibility index (Phi) is 10.4. The third kappa shape index (κ3) is 7.11. The van der Waals surface area contributed by atoms with Crippen LogP contribution < -0.4 is 0 Å². The molecule has 0 radical (unpaired) electrons. The van der Waals surface area contributed by atoms with Gasteiger partial charge < -0.3 is 9.67 Å². The summed E-state index contributed by atoms with van der Waals surface area (Å²) in [6, 6.07) is 38.1. The number of nitrogens with zero attached hydrogens (tertiary/aromatic N) is 2. The van der Waals surface area contributed by atoms with E-state index in [0.29, 0.717) is 18.3 Å². The Bertz CT molecular complexity index is 1950. The van der Waals surface area contributed by atoms with E-state index in [1.165, 1.54) is 27.5 Å². The van der Waals surface area contributed by atoms with E-state index >= 15 is 0 Å². The van der Waals surface area contributed by atoms with E-state index in [1.807, 2.05) is 48.1 Å². The van der Waals surface area contributed by atoms with E-state index in [9.17, 15) is 5.11 Å². The normalized spacial score (nSPS) is 11.5. The van der Waals surface area contributed by atoms with E-state index in [-0.39, 0.29) is 26.8 Å². The molecule has 0 bridgehead atoms. The van der Waals surface area contributed by atoms with Crippen LogP contribution in [-0.4, -0.2) is 14.7 Å². The number of phenols is 1. The van der Waals surface area contributed by atoms with Gasteiger partial charge in [-0.05, 0) is 58.2 Å². The fourth-order valence-electron chi connectivity index (χ4n) is 5.92. The van der Waals surface area contributed by atoms with Crippen molar-refractivity contribution in [2.24, 2.45) is 7.05 Å². The predicted octanol–water partition coefficient (Wildman–Crippen LogP) is 10.5. The number of fused-ring (bicyclic) bond motifs is 1. The van der Waals surface area contributed by atoms with Gasteiger partial charge in [-0.3, -0.25) is 4.98 Å². The molecule has 0 saturated heterocycles. The number of benzene rings is 5. The van der Waals surface area contributed by atoms with Crippen LogP contribution in [0.25, 0.3) is 44.5 Å². The molecule has 6 aromatic rings. The van der Waals surface area contributed by atoms with Crippen LogP contribution in [0.4, 0.5) is 0 Å². The van der Waals surface area contributed by atoms with Crippen molar-refractivity contribution >= 4 is 10.8 Å². The zero-order chi connectivity index (χ0) is 31.5. The average Bonchev–Trinajstić information content (AvgIpc) is 3.45. The summed E-state index contributed by atoms with van der Waals surface area (Å²) in [6.07, 6.45) is 7.76. The second-order valence-corrected chi connectivity index (χ2v) is 12.5. The molecule has 0 amide bonds. The Labute approximate surface area is 287 Å². The molecule has 1 aromatic heterocycles. The predicted molar refractivity (Wildman–Crippen MR) is 188 cm³/mol. The maximum Gasteiger partial charge on any atom is 2.00 e. The molecule has 46 heavy (non-hydrogen) atoms. The second-order valence-electron chi connectivity index (χ2n) is 12.5. The van der Waals surface area contributed by atoms with Crippen molar-refractivity contribution in [3.05, 3.63) is 144 Å². The fourth-order valence-corrected chi connectivity index (χ4v) is 5.92. The standard InChI is InChI=1S/C42H40N2O.Pt/c1-28(2)34-23-35(29(3)4)25-36(24-34)37-22-33(18-10-9-14-30-19-13-20-31-15-11-12-21-38(30)31)41(45)39(26-37)40-27-44(5)42(43-40)32-16-7-6-8-17-32;/h6-12,15-16,19-29,45H,14,18H2,1-5H3;/q-2;+2/b10-9-;. The van der Waals surface area contributed by atoms with Crippen molar-refractivity contribution in [3.63, 3.8) is 0 Å². The fraction of sp³-hybridized carbons (Fsp3) is 0.214. The average molecular weight is 784 g/mol. The van der Waals surface area contributed by atoms with E-state index in [4.69, 9.17) is 4.98 Å². The molecular weight excluding hydrogens is 744 g/mol. The smallest absolute Gasteiger partial charge is 0.507 e. The summed E-state index contributed by atoms with van der Waals surface area (Å²) < 4.78 is 2.00. The summed E-state index contributed by atoms with van der Waals surface area (Å²) in [5.74, 6) is 1.90. The first-order valence-electron chi connectivity index (χ1n) is 15.8. The summed E-state index contributed by atoms with van der Waals surface area (Å²) in [6.45, 7) is 8.97. The van der Waals surface area contributed by atoms with E-state index in [0.717, 1.165) is 45.8 Å². The molecule has 234 valence electrons. The molecule has 6 rings (SSSR count). The third-order valence-electron chi connectivity index (χ3n) is 8.58. The van der Waals surface area contributed by atoms with Crippen molar-refractivity contribution in [2.75, 3.05) is 0 Å². The van der Waals surface area contributed by atoms with Gasteiger partial charge in [0.05, 0.1) is 11.5 Å². The van der Waals surface area contributed by atoms with Gasteiger partial charge in [0.25, 0.3) is 0 Å². The van der Waals surface area contributed by atoms with E-state index < -0.39 is 0 Å². The summed E-state index contributed by atoms with van der Waals surface area (Å²) in [7, 11) is 1.99. The topological polar surface area (TPSA) is 38.0 Å². The molecule has 5 aromatic carbocycles. The van der Waals surface area contributed by atoms with Gasteiger partial charge in [-0.25, -0.2) is 0 Å². The van der Waals surface area contributed by atoms with Crippen molar-refractivity contribution in [1.82, 2.24) is 9.55 Å². The van der Waals surface area contributed by atoms with Crippen LogP contribution in [0.15, 0.2) is 109 Å². The van der Waals surface area contributed by atoms with Gasteiger partial charge in [0, 0.05) is 18.8 Å². The Morgan fingerprint density at radius 3 is 2.17 bits per heavy atom. The van der Waals surface area contributed by atoms with Gasteiger partial charge in [0.1, 0.15) is 5.75 Å². The molecule has 1 N–H and O–H groups in total. The minimum absolute atomic E-state index is 0. The van der Waals surface area contributed by atoms with Gasteiger partial charge in [-0.1, -0.05) is 82.7 Å². The quantitative estimate of drug-likeness (QED) is 0.117. The van der Waals surface area contributed by atoms with E-state index in [1.54, 1.807) is 0 Å². The van der Waals surface area contributed by atoms with Gasteiger partial charge >= 0.3 is 21.1 Å².